The topological polar surface area (TPSA) is 53.5 Å². The van der Waals surface area contributed by atoms with E-state index < -0.39 is 0 Å². The first-order valence-corrected chi connectivity index (χ1v) is 10.1. The number of carbonyl (C=O) groups is 2. The summed E-state index contributed by atoms with van der Waals surface area (Å²) in [6, 6.07) is 15.4. The number of thiazole rings is 1. The van der Waals surface area contributed by atoms with E-state index in [-0.39, 0.29) is 17.9 Å². The third kappa shape index (κ3) is 2.76. The van der Waals surface area contributed by atoms with Crippen LogP contribution >= 0.6 is 11.3 Å². The molecular weight excluding hydrogens is 358 g/mol. The first kappa shape index (κ1) is 16.6. The number of amides is 2. The number of rotatable bonds is 3. The van der Waals surface area contributed by atoms with Gasteiger partial charge in [-0.15, -0.1) is 11.3 Å². The van der Waals surface area contributed by atoms with Gasteiger partial charge in [0.1, 0.15) is 5.01 Å². The van der Waals surface area contributed by atoms with Crippen LogP contribution in [0.5, 0.6) is 0 Å². The third-order valence-corrected chi connectivity index (χ3v) is 6.55. The van der Waals surface area contributed by atoms with Crippen molar-refractivity contribution in [2.75, 3.05) is 13.2 Å². The molecule has 27 heavy (non-hydrogen) atoms. The molecule has 5 rings (SSSR count). The Morgan fingerprint density at radius 1 is 0.963 bits per heavy atom. The van der Waals surface area contributed by atoms with Gasteiger partial charge in [-0.05, 0) is 37.1 Å². The summed E-state index contributed by atoms with van der Waals surface area (Å²) in [7, 11) is 0. The quantitative estimate of drug-likeness (QED) is 0.646. The van der Waals surface area contributed by atoms with Crippen LogP contribution in [0.3, 0.4) is 0 Å². The van der Waals surface area contributed by atoms with Crippen molar-refractivity contribution in [3.63, 3.8) is 0 Å². The van der Waals surface area contributed by atoms with Gasteiger partial charge < -0.3 is 0 Å². The summed E-state index contributed by atoms with van der Waals surface area (Å²) in [4.78, 5) is 33.9. The molecule has 0 N–H and O–H groups in total. The number of carbonyl (C=O) groups excluding carboxylic acids is 2. The number of likely N-dealkylation sites (tertiary alicyclic amines) is 1. The summed E-state index contributed by atoms with van der Waals surface area (Å²) in [6.45, 7) is 1.20. The van der Waals surface area contributed by atoms with E-state index in [0.29, 0.717) is 17.8 Å². The summed E-state index contributed by atoms with van der Waals surface area (Å²) >= 11 is 1.71. The lowest BCUT2D eigenvalue weighted by molar-refractivity contribution is 0.0420. The van der Waals surface area contributed by atoms with Crippen molar-refractivity contribution in [3.05, 3.63) is 64.7 Å². The van der Waals surface area contributed by atoms with E-state index >= 15 is 0 Å². The summed E-state index contributed by atoms with van der Waals surface area (Å²) < 4.78 is 1.18. The van der Waals surface area contributed by atoms with Crippen LogP contribution < -0.4 is 0 Å². The number of para-hydroxylation sites is 1. The molecular formula is C21H19N3O2S. The summed E-state index contributed by atoms with van der Waals surface area (Å²) in [5, 5.41) is 1.08. The number of piperidine rings is 1. The molecule has 2 aliphatic heterocycles. The predicted molar refractivity (Wildman–Crippen MR) is 105 cm³/mol. The second-order valence-corrected chi connectivity index (χ2v) is 8.13. The zero-order valence-corrected chi connectivity index (χ0v) is 15.6. The lowest BCUT2D eigenvalue weighted by Gasteiger charge is -2.36. The van der Waals surface area contributed by atoms with Crippen molar-refractivity contribution in [2.45, 2.75) is 25.3 Å². The van der Waals surface area contributed by atoms with Crippen molar-refractivity contribution in [1.82, 2.24) is 14.8 Å². The lowest BCUT2D eigenvalue weighted by Crippen LogP contribution is -2.44. The lowest BCUT2D eigenvalue weighted by atomic mass is 10.0. The fourth-order valence-corrected chi connectivity index (χ4v) is 5.16. The van der Waals surface area contributed by atoms with Crippen LogP contribution in [0.2, 0.25) is 0 Å². The van der Waals surface area contributed by atoms with Crippen LogP contribution in [0, 0.1) is 0 Å². The minimum absolute atomic E-state index is 0.153. The zero-order chi connectivity index (χ0) is 18.4. The molecule has 1 atom stereocenters. The van der Waals surface area contributed by atoms with Gasteiger partial charge in [0.15, 0.2) is 0 Å². The molecule has 2 amide bonds. The number of imide groups is 1. The number of nitrogens with zero attached hydrogens (tertiary/aromatic N) is 3. The van der Waals surface area contributed by atoms with Crippen molar-refractivity contribution in [1.29, 1.82) is 0 Å². The predicted octanol–water partition coefficient (Wildman–Crippen LogP) is 4.08. The number of aromatic nitrogens is 1. The highest BCUT2D eigenvalue weighted by molar-refractivity contribution is 7.18. The Bertz CT molecular complexity index is 977. The van der Waals surface area contributed by atoms with Crippen molar-refractivity contribution in [2.24, 2.45) is 0 Å². The smallest absolute Gasteiger partial charge is 0.262 e. The Kier molecular flexibility index (Phi) is 4.02. The molecule has 0 unspecified atom stereocenters. The van der Waals surface area contributed by atoms with Crippen LogP contribution in [0.1, 0.15) is 51.0 Å². The maximum atomic E-state index is 12.7. The maximum Gasteiger partial charge on any atom is 0.262 e. The third-order valence-electron chi connectivity index (χ3n) is 5.41. The molecule has 136 valence electrons. The molecule has 0 radical (unpaired) electrons. The highest BCUT2D eigenvalue weighted by atomic mass is 32.1. The van der Waals surface area contributed by atoms with E-state index in [2.05, 4.69) is 11.0 Å². The van der Waals surface area contributed by atoms with Crippen LogP contribution in [0.4, 0.5) is 0 Å². The van der Waals surface area contributed by atoms with Gasteiger partial charge in [-0.25, -0.2) is 4.98 Å². The van der Waals surface area contributed by atoms with Gasteiger partial charge in [-0.1, -0.05) is 30.7 Å². The zero-order valence-electron chi connectivity index (χ0n) is 14.8. The van der Waals surface area contributed by atoms with Crippen LogP contribution in [-0.4, -0.2) is 39.8 Å². The molecule has 0 saturated carbocycles. The van der Waals surface area contributed by atoms with E-state index in [4.69, 9.17) is 4.98 Å². The average Bonchev–Trinajstić information content (AvgIpc) is 3.24. The summed E-state index contributed by atoms with van der Waals surface area (Å²) in [5.41, 5.74) is 2.04. The van der Waals surface area contributed by atoms with E-state index in [1.54, 1.807) is 35.6 Å². The maximum absolute atomic E-state index is 12.7. The number of hydrogen-bond donors (Lipinski definition) is 0. The van der Waals surface area contributed by atoms with Gasteiger partial charge in [0, 0.05) is 6.54 Å². The van der Waals surface area contributed by atoms with E-state index in [1.807, 2.05) is 18.2 Å². The summed E-state index contributed by atoms with van der Waals surface area (Å²) in [6.07, 6.45) is 3.22. The molecule has 0 aliphatic carbocycles. The first-order chi connectivity index (χ1) is 13.2. The highest BCUT2D eigenvalue weighted by Crippen LogP contribution is 2.36. The van der Waals surface area contributed by atoms with Crippen LogP contribution in [0.25, 0.3) is 10.2 Å². The number of hydrogen-bond acceptors (Lipinski definition) is 5. The molecule has 0 spiro atoms. The molecule has 3 heterocycles. The molecule has 1 saturated heterocycles. The van der Waals surface area contributed by atoms with E-state index in [9.17, 15) is 9.59 Å². The fraction of sp³-hybridized carbons (Fsp3) is 0.286. The standard InChI is InChI=1S/C21H19N3O2S/c25-20-14-7-1-2-8-15(14)21(26)24(20)13-23-12-6-5-10-17(23)19-22-16-9-3-4-11-18(16)27-19/h1-4,7-9,11,17H,5-6,10,12-13H2/t17-/m1/s1. The molecule has 1 fully saturated rings. The monoisotopic (exact) mass is 377 g/mol. The van der Waals surface area contributed by atoms with Gasteiger partial charge in [-0.2, -0.15) is 0 Å². The van der Waals surface area contributed by atoms with Crippen molar-refractivity contribution in [3.8, 4) is 0 Å². The number of benzene rings is 2. The minimum Gasteiger partial charge on any atom is -0.276 e. The molecule has 1 aromatic heterocycles. The Balaban J connectivity index is 1.43. The second kappa shape index (κ2) is 6.55. The Morgan fingerprint density at radius 2 is 1.67 bits per heavy atom. The van der Waals surface area contributed by atoms with Crippen LogP contribution in [0.15, 0.2) is 48.5 Å². The van der Waals surface area contributed by atoms with Gasteiger partial charge in [0.05, 0.1) is 34.1 Å². The molecule has 3 aromatic rings. The Labute approximate surface area is 161 Å². The molecule has 2 aliphatic rings. The van der Waals surface area contributed by atoms with E-state index in [0.717, 1.165) is 36.3 Å². The number of fused-ring (bicyclic) bond motifs is 2. The second-order valence-electron chi connectivity index (χ2n) is 7.07. The molecule has 2 aromatic carbocycles. The summed E-state index contributed by atoms with van der Waals surface area (Å²) in [5.74, 6) is -0.381. The molecule has 6 heteroatoms. The minimum atomic E-state index is -0.191. The largest absolute Gasteiger partial charge is 0.276 e. The molecule has 5 nitrogen and oxygen atoms in total. The Hall–Kier alpha value is -2.57. The normalized spacial score (nSPS) is 20.4. The highest BCUT2D eigenvalue weighted by Gasteiger charge is 2.38. The van der Waals surface area contributed by atoms with Crippen molar-refractivity contribution < 1.29 is 9.59 Å². The Morgan fingerprint density at radius 3 is 2.41 bits per heavy atom. The first-order valence-electron chi connectivity index (χ1n) is 9.27. The van der Waals surface area contributed by atoms with E-state index in [1.165, 1.54) is 9.60 Å². The average molecular weight is 377 g/mol. The van der Waals surface area contributed by atoms with Crippen molar-refractivity contribution >= 4 is 33.4 Å². The van der Waals surface area contributed by atoms with Gasteiger partial charge in [-0.3, -0.25) is 19.4 Å². The van der Waals surface area contributed by atoms with Gasteiger partial charge >= 0.3 is 0 Å². The molecule has 0 bridgehead atoms. The van der Waals surface area contributed by atoms with Crippen LogP contribution in [-0.2, 0) is 0 Å². The van der Waals surface area contributed by atoms with Gasteiger partial charge in [0.2, 0.25) is 0 Å². The SMILES string of the molecule is O=C1c2ccccc2C(=O)N1CN1CCCC[C@@H]1c1nc2ccccc2s1. The van der Waals surface area contributed by atoms with Gasteiger partial charge in [0.25, 0.3) is 11.8 Å². The fourth-order valence-electron chi connectivity index (χ4n) is 4.02.